The lowest BCUT2D eigenvalue weighted by atomic mass is 9.98. The van der Waals surface area contributed by atoms with Crippen molar-refractivity contribution in [2.45, 2.75) is 71.1 Å². The molecule has 1 aromatic heterocycles. The van der Waals surface area contributed by atoms with Crippen LogP contribution in [0.25, 0.3) is 0 Å². The van der Waals surface area contributed by atoms with Crippen LogP contribution in [-0.4, -0.2) is 44.2 Å². The minimum atomic E-state index is -0.847. The van der Waals surface area contributed by atoms with Gasteiger partial charge in [-0.15, -0.1) is 0 Å². The van der Waals surface area contributed by atoms with Crippen molar-refractivity contribution < 1.29 is 9.90 Å². The van der Waals surface area contributed by atoms with Crippen molar-refractivity contribution >= 4 is 6.03 Å². The Morgan fingerprint density at radius 1 is 1.29 bits per heavy atom. The number of rotatable bonds is 8. The molecule has 8 nitrogen and oxygen atoms in total. The number of carbonyl (C=O) groups excluding carboxylic acids is 1. The van der Waals surface area contributed by atoms with Crippen LogP contribution in [0.2, 0.25) is 0 Å². The minimum Gasteiger partial charge on any atom is -0.388 e. The zero-order valence-corrected chi connectivity index (χ0v) is 14.7. The summed E-state index contributed by atoms with van der Waals surface area (Å²) < 4.78 is 3.24. The number of aryl methyl sites for hydroxylation is 2. The van der Waals surface area contributed by atoms with Crippen LogP contribution in [-0.2, 0) is 19.5 Å². The van der Waals surface area contributed by atoms with E-state index in [1.54, 1.807) is 4.57 Å². The molecule has 0 atom stereocenters. The second-order valence-electron chi connectivity index (χ2n) is 6.43. The maximum Gasteiger partial charge on any atom is 0.345 e. The summed E-state index contributed by atoms with van der Waals surface area (Å²) in [7, 11) is 0. The summed E-state index contributed by atoms with van der Waals surface area (Å²) in [5, 5.41) is 19.9. The molecular formula is C16H29N5O3. The van der Waals surface area contributed by atoms with Gasteiger partial charge in [-0.2, -0.15) is 5.10 Å². The van der Waals surface area contributed by atoms with E-state index in [0.29, 0.717) is 32.4 Å². The van der Waals surface area contributed by atoms with Gasteiger partial charge in [0.1, 0.15) is 5.82 Å². The van der Waals surface area contributed by atoms with Gasteiger partial charge in [-0.1, -0.05) is 13.8 Å². The van der Waals surface area contributed by atoms with Gasteiger partial charge in [-0.3, -0.25) is 4.57 Å². The lowest BCUT2D eigenvalue weighted by Crippen LogP contribution is -2.46. The van der Waals surface area contributed by atoms with Crippen LogP contribution in [0.1, 0.15) is 51.8 Å². The largest absolute Gasteiger partial charge is 0.388 e. The van der Waals surface area contributed by atoms with E-state index in [4.69, 9.17) is 0 Å². The van der Waals surface area contributed by atoms with Gasteiger partial charge < -0.3 is 15.7 Å². The molecule has 0 aliphatic carbocycles. The van der Waals surface area contributed by atoms with E-state index >= 15 is 0 Å². The number of carbonyl (C=O) groups is 1. The SMILES string of the molecule is CCC(O)(CC)CNC(=O)NCCCn1nc2n(c1=O)CCCC2. The van der Waals surface area contributed by atoms with Crippen molar-refractivity contribution in [3.63, 3.8) is 0 Å². The Hall–Kier alpha value is -1.83. The summed E-state index contributed by atoms with van der Waals surface area (Å²) >= 11 is 0. The Kier molecular flexibility index (Phi) is 6.42. The van der Waals surface area contributed by atoms with Crippen molar-refractivity contribution in [1.82, 2.24) is 25.0 Å². The summed E-state index contributed by atoms with van der Waals surface area (Å²) in [6.07, 6.45) is 4.80. The predicted molar refractivity (Wildman–Crippen MR) is 91.0 cm³/mol. The van der Waals surface area contributed by atoms with Crippen LogP contribution in [0.5, 0.6) is 0 Å². The van der Waals surface area contributed by atoms with Crippen molar-refractivity contribution in [1.29, 1.82) is 0 Å². The van der Waals surface area contributed by atoms with Crippen LogP contribution >= 0.6 is 0 Å². The number of nitrogens with zero attached hydrogens (tertiary/aromatic N) is 3. The molecule has 24 heavy (non-hydrogen) atoms. The van der Waals surface area contributed by atoms with Crippen LogP contribution in [0.4, 0.5) is 4.79 Å². The van der Waals surface area contributed by atoms with Gasteiger partial charge in [0.05, 0.1) is 5.60 Å². The lowest BCUT2D eigenvalue weighted by Gasteiger charge is -2.25. The number of hydrogen-bond donors (Lipinski definition) is 3. The van der Waals surface area contributed by atoms with E-state index in [9.17, 15) is 14.7 Å². The fourth-order valence-electron chi connectivity index (χ4n) is 2.83. The third kappa shape index (κ3) is 4.59. The van der Waals surface area contributed by atoms with Gasteiger partial charge in [-0.05, 0) is 32.1 Å². The molecule has 8 heteroatoms. The highest BCUT2D eigenvalue weighted by molar-refractivity contribution is 5.73. The molecule has 0 aromatic carbocycles. The Morgan fingerprint density at radius 2 is 2.04 bits per heavy atom. The molecule has 0 saturated heterocycles. The first-order chi connectivity index (χ1) is 11.5. The van der Waals surface area contributed by atoms with E-state index in [0.717, 1.165) is 31.6 Å². The molecular weight excluding hydrogens is 310 g/mol. The van der Waals surface area contributed by atoms with E-state index in [1.807, 2.05) is 13.8 Å². The Labute approximate surface area is 142 Å². The topological polar surface area (TPSA) is 101 Å². The fraction of sp³-hybridized carbons (Fsp3) is 0.812. The quantitative estimate of drug-likeness (QED) is 0.604. The predicted octanol–water partition coefficient (Wildman–Crippen LogP) is 0.622. The molecule has 0 spiro atoms. The average molecular weight is 339 g/mol. The Balaban J connectivity index is 1.71. The second-order valence-corrected chi connectivity index (χ2v) is 6.43. The maximum atomic E-state index is 12.2. The van der Waals surface area contributed by atoms with E-state index in [1.165, 1.54) is 4.68 Å². The number of nitrogens with one attached hydrogen (secondary N) is 2. The average Bonchev–Trinajstić information content (AvgIpc) is 2.93. The standard InChI is InChI=1S/C16H29N5O3/c1-3-16(24,4-2)12-18-14(22)17-9-7-11-21-15(23)20-10-6-5-8-13(20)19-21/h24H,3-12H2,1-2H3,(H2,17,18,22). The number of aromatic nitrogens is 3. The highest BCUT2D eigenvalue weighted by Gasteiger charge is 2.22. The molecule has 1 aliphatic heterocycles. The smallest absolute Gasteiger partial charge is 0.345 e. The van der Waals surface area contributed by atoms with Gasteiger partial charge in [0.2, 0.25) is 0 Å². The van der Waals surface area contributed by atoms with E-state index in [-0.39, 0.29) is 18.3 Å². The number of hydrogen-bond acceptors (Lipinski definition) is 4. The highest BCUT2D eigenvalue weighted by Crippen LogP contribution is 2.12. The van der Waals surface area contributed by atoms with Gasteiger partial charge in [0.25, 0.3) is 0 Å². The van der Waals surface area contributed by atoms with Crippen LogP contribution in [0, 0.1) is 0 Å². The Bertz CT molecular complexity index is 603. The number of aliphatic hydroxyl groups is 1. The molecule has 2 amide bonds. The molecule has 0 radical (unpaired) electrons. The molecule has 2 heterocycles. The fourth-order valence-corrected chi connectivity index (χ4v) is 2.83. The first kappa shape index (κ1) is 18.5. The molecule has 0 bridgehead atoms. The molecule has 2 rings (SSSR count). The summed E-state index contributed by atoms with van der Waals surface area (Å²) in [6.45, 7) is 5.73. The van der Waals surface area contributed by atoms with Crippen molar-refractivity contribution in [3.8, 4) is 0 Å². The number of amides is 2. The molecule has 1 aromatic rings. The summed E-state index contributed by atoms with van der Waals surface area (Å²) in [5.74, 6) is 0.871. The van der Waals surface area contributed by atoms with Crippen molar-refractivity contribution in [2.24, 2.45) is 0 Å². The summed E-state index contributed by atoms with van der Waals surface area (Å²) in [4.78, 5) is 23.9. The molecule has 136 valence electrons. The van der Waals surface area contributed by atoms with Crippen molar-refractivity contribution in [2.75, 3.05) is 13.1 Å². The van der Waals surface area contributed by atoms with Crippen LogP contribution < -0.4 is 16.3 Å². The Morgan fingerprint density at radius 3 is 2.71 bits per heavy atom. The first-order valence-corrected chi connectivity index (χ1v) is 8.89. The summed E-state index contributed by atoms with van der Waals surface area (Å²) in [6, 6.07) is -0.299. The van der Waals surface area contributed by atoms with Crippen molar-refractivity contribution in [3.05, 3.63) is 16.3 Å². The van der Waals surface area contributed by atoms with E-state index in [2.05, 4.69) is 15.7 Å². The number of urea groups is 1. The third-order valence-corrected chi connectivity index (χ3v) is 4.76. The molecule has 0 saturated carbocycles. The first-order valence-electron chi connectivity index (χ1n) is 8.89. The zero-order chi connectivity index (χ0) is 17.6. The highest BCUT2D eigenvalue weighted by atomic mass is 16.3. The molecule has 3 N–H and O–H groups in total. The number of fused-ring (bicyclic) bond motifs is 1. The lowest BCUT2D eigenvalue weighted by molar-refractivity contribution is 0.0349. The van der Waals surface area contributed by atoms with Crippen LogP contribution in [0.3, 0.4) is 0 Å². The van der Waals surface area contributed by atoms with Gasteiger partial charge >= 0.3 is 11.7 Å². The van der Waals surface area contributed by atoms with Gasteiger partial charge in [0.15, 0.2) is 0 Å². The van der Waals surface area contributed by atoms with E-state index < -0.39 is 5.60 Å². The molecule has 0 unspecified atom stereocenters. The minimum absolute atomic E-state index is 0.0508. The second kappa shape index (κ2) is 8.32. The maximum absolute atomic E-state index is 12.2. The van der Waals surface area contributed by atoms with Crippen LogP contribution in [0.15, 0.2) is 4.79 Å². The zero-order valence-electron chi connectivity index (χ0n) is 14.7. The van der Waals surface area contributed by atoms with Gasteiger partial charge in [-0.25, -0.2) is 14.3 Å². The molecule has 1 aliphatic rings. The normalized spacial score (nSPS) is 14.3. The third-order valence-electron chi connectivity index (χ3n) is 4.76. The van der Waals surface area contributed by atoms with Gasteiger partial charge in [0, 0.05) is 32.6 Å². The monoisotopic (exact) mass is 339 g/mol. The summed E-state index contributed by atoms with van der Waals surface area (Å²) in [5.41, 5.74) is -0.898. The molecule has 0 fully saturated rings.